The van der Waals surface area contributed by atoms with Gasteiger partial charge < -0.3 is 5.11 Å². The molecule has 11 heavy (non-hydrogen) atoms. The number of aliphatic hydroxyl groups is 1. The highest BCUT2D eigenvalue weighted by Crippen LogP contribution is 2.14. The van der Waals surface area contributed by atoms with E-state index in [1.54, 1.807) is 0 Å². The van der Waals surface area contributed by atoms with Gasteiger partial charge in [-0.05, 0) is 12.9 Å². The average Bonchev–Trinajstić information content (AvgIpc) is 2.07. The second-order valence-corrected chi connectivity index (χ2v) is 1.84. The van der Waals surface area contributed by atoms with E-state index in [9.17, 15) is 13.9 Å². The highest BCUT2D eigenvalue weighted by atomic mass is 19.1. The Morgan fingerprint density at radius 2 is 2.55 bits per heavy atom. The van der Waals surface area contributed by atoms with E-state index in [4.69, 9.17) is 5.48 Å². The van der Waals surface area contributed by atoms with Crippen molar-refractivity contribution in [2.45, 2.75) is 12.9 Å². The molecule has 1 N–H and O–H groups in total. The molecular formula is C7H7F2NO. The Bertz CT molecular complexity index is 380. The fourth-order valence-corrected chi connectivity index (χ4v) is 0.589. The molecule has 0 amide bonds. The maximum Gasteiger partial charge on any atom is 0.218 e. The first-order valence-corrected chi connectivity index (χ1v) is 2.70. The van der Waals surface area contributed by atoms with Crippen LogP contribution in [-0.4, -0.2) is 10.1 Å². The Kier molecular flexibility index (Phi) is 1.09. The van der Waals surface area contributed by atoms with Crippen LogP contribution >= 0.6 is 0 Å². The molecule has 0 aliphatic rings. The molecule has 0 aromatic carbocycles. The summed E-state index contributed by atoms with van der Waals surface area (Å²) in [6, 6.07) is 0.432. The van der Waals surface area contributed by atoms with E-state index in [0.29, 0.717) is 12.3 Å². The molecule has 60 valence electrons. The smallest absolute Gasteiger partial charge is 0.218 e. The van der Waals surface area contributed by atoms with E-state index in [2.05, 4.69) is 4.98 Å². The molecule has 1 atom stereocenters. The molecule has 1 aromatic rings. The average molecular weight is 163 g/mol. The highest BCUT2D eigenvalue weighted by molar-refractivity contribution is 5.14. The van der Waals surface area contributed by atoms with Gasteiger partial charge in [0.2, 0.25) is 5.95 Å². The predicted molar refractivity (Wildman–Crippen MR) is 34.8 cm³/mol. The molecule has 0 saturated carbocycles. The molecule has 1 unspecified atom stereocenters. The van der Waals surface area contributed by atoms with Gasteiger partial charge in [-0.1, -0.05) is 0 Å². The second kappa shape index (κ2) is 2.92. The van der Waals surface area contributed by atoms with E-state index in [0.717, 1.165) is 0 Å². The van der Waals surface area contributed by atoms with Crippen LogP contribution < -0.4 is 0 Å². The third-order valence-electron chi connectivity index (χ3n) is 1.06. The Balaban J connectivity index is 3.32. The molecule has 0 radical (unpaired) electrons. The van der Waals surface area contributed by atoms with Gasteiger partial charge in [0, 0.05) is 9.68 Å². The Labute approximate surface area is 68.1 Å². The number of halogens is 2. The fraction of sp³-hybridized carbons (Fsp3) is 0.286. The minimum atomic E-state index is -3.22. The van der Waals surface area contributed by atoms with Crippen molar-refractivity contribution in [3.63, 3.8) is 0 Å². The largest absolute Gasteiger partial charge is 0.389 e. The molecule has 1 rings (SSSR count). The van der Waals surface area contributed by atoms with Crippen molar-refractivity contribution in [3.05, 3.63) is 29.6 Å². The summed E-state index contributed by atoms with van der Waals surface area (Å²) in [7, 11) is 0. The van der Waals surface area contributed by atoms with Crippen LogP contribution in [0.15, 0.2) is 12.3 Å². The van der Waals surface area contributed by atoms with Crippen molar-refractivity contribution in [1.82, 2.24) is 4.98 Å². The summed E-state index contributed by atoms with van der Waals surface area (Å²) >= 11 is 0. The Morgan fingerprint density at radius 1 is 1.82 bits per heavy atom. The lowest BCUT2D eigenvalue weighted by molar-refractivity contribution is 0.192. The summed E-state index contributed by atoms with van der Waals surface area (Å²) in [5.41, 5.74) is -1.01. The summed E-state index contributed by atoms with van der Waals surface area (Å²) in [5, 5.41) is 9.29. The van der Waals surface area contributed by atoms with Gasteiger partial charge >= 0.3 is 0 Å². The molecule has 0 spiro atoms. The SMILES string of the molecule is [2H]C([2H])([2H])C([2H])(O)c1cc(F)cnc1F. The Morgan fingerprint density at radius 3 is 3.18 bits per heavy atom. The van der Waals surface area contributed by atoms with E-state index in [1.807, 2.05) is 0 Å². The number of nitrogens with zero attached hydrogens (tertiary/aromatic N) is 1. The fourth-order valence-electron chi connectivity index (χ4n) is 0.589. The van der Waals surface area contributed by atoms with Gasteiger partial charge in [-0.3, -0.25) is 0 Å². The Hall–Kier alpha value is -1.03. The summed E-state index contributed by atoms with van der Waals surface area (Å²) in [4.78, 5) is 2.89. The standard InChI is InChI=1S/C7H7F2NO/c1-4(11)6-2-5(8)3-10-7(6)9/h2-4,11H,1H3/i1D3,4D. The van der Waals surface area contributed by atoms with Crippen molar-refractivity contribution in [2.75, 3.05) is 0 Å². The molecule has 0 fully saturated rings. The molecular weight excluding hydrogens is 152 g/mol. The van der Waals surface area contributed by atoms with E-state index < -0.39 is 30.3 Å². The van der Waals surface area contributed by atoms with Crippen molar-refractivity contribution < 1.29 is 19.4 Å². The normalized spacial score (nSPS) is 22.5. The first-order valence-electron chi connectivity index (χ1n) is 4.70. The van der Waals surface area contributed by atoms with Crippen molar-refractivity contribution >= 4 is 0 Å². The van der Waals surface area contributed by atoms with E-state index in [-0.39, 0.29) is 0 Å². The van der Waals surface area contributed by atoms with Crippen LogP contribution in [-0.2, 0) is 0 Å². The van der Waals surface area contributed by atoms with Gasteiger partial charge in [0.25, 0.3) is 0 Å². The third-order valence-corrected chi connectivity index (χ3v) is 1.06. The molecule has 0 aliphatic heterocycles. The first-order chi connectivity index (χ1) is 6.66. The van der Waals surface area contributed by atoms with Crippen molar-refractivity contribution in [2.24, 2.45) is 0 Å². The zero-order valence-corrected chi connectivity index (χ0v) is 5.31. The topological polar surface area (TPSA) is 33.1 Å². The molecule has 0 aliphatic carbocycles. The number of pyridine rings is 1. The monoisotopic (exact) mass is 163 g/mol. The second-order valence-electron chi connectivity index (χ2n) is 1.84. The van der Waals surface area contributed by atoms with E-state index in [1.165, 1.54) is 0 Å². The van der Waals surface area contributed by atoms with Crippen LogP contribution in [0.3, 0.4) is 0 Å². The zero-order chi connectivity index (χ0) is 11.9. The molecule has 1 heterocycles. The molecule has 0 bridgehead atoms. The van der Waals surface area contributed by atoms with Gasteiger partial charge in [0.15, 0.2) is 0 Å². The lowest BCUT2D eigenvalue weighted by Gasteiger charge is -2.03. The summed E-state index contributed by atoms with van der Waals surface area (Å²) < 4.78 is 53.2. The quantitative estimate of drug-likeness (QED) is 0.635. The van der Waals surface area contributed by atoms with Crippen LogP contribution in [0.4, 0.5) is 8.78 Å². The molecule has 1 aromatic heterocycles. The van der Waals surface area contributed by atoms with Crippen LogP contribution in [0, 0.1) is 11.8 Å². The maximum absolute atomic E-state index is 13.0. The number of hydrogen-bond acceptors (Lipinski definition) is 2. The van der Waals surface area contributed by atoms with Crippen molar-refractivity contribution in [3.8, 4) is 0 Å². The molecule has 0 saturated heterocycles. The summed E-state index contributed by atoms with van der Waals surface area (Å²) in [6.45, 7) is -3.19. The lowest BCUT2D eigenvalue weighted by Crippen LogP contribution is -1.99. The van der Waals surface area contributed by atoms with Gasteiger partial charge in [0.05, 0.1) is 13.6 Å². The number of hydrogen-bond donors (Lipinski definition) is 1. The maximum atomic E-state index is 13.0. The third kappa shape index (κ3) is 1.71. The molecule has 2 nitrogen and oxygen atoms in total. The van der Waals surface area contributed by atoms with Crippen molar-refractivity contribution in [1.29, 1.82) is 0 Å². The number of rotatable bonds is 1. The van der Waals surface area contributed by atoms with Gasteiger partial charge in [0.1, 0.15) is 5.82 Å². The van der Waals surface area contributed by atoms with Gasteiger partial charge in [-0.25, -0.2) is 9.37 Å². The minimum Gasteiger partial charge on any atom is -0.389 e. The minimum absolute atomic E-state index is 0.432. The summed E-state index contributed by atoms with van der Waals surface area (Å²) in [5.74, 6) is -2.41. The van der Waals surface area contributed by atoms with Crippen LogP contribution in [0.1, 0.15) is 24.0 Å². The van der Waals surface area contributed by atoms with Crippen LogP contribution in [0.5, 0.6) is 0 Å². The lowest BCUT2D eigenvalue weighted by atomic mass is 10.2. The van der Waals surface area contributed by atoms with Gasteiger partial charge in [-0.2, -0.15) is 4.39 Å². The number of aromatic nitrogens is 1. The van der Waals surface area contributed by atoms with Gasteiger partial charge in [-0.15, -0.1) is 0 Å². The van der Waals surface area contributed by atoms with Crippen LogP contribution in [0.2, 0.25) is 0 Å². The molecule has 4 heteroatoms. The predicted octanol–water partition coefficient (Wildman–Crippen LogP) is 1.41. The first kappa shape index (κ1) is 4.11. The summed E-state index contributed by atoms with van der Waals surface area (Å²) in [6.07, 6.45) is -2.69. The highest BCUT2D eigenvalue weighted by Gasteiger charge is 2.09. The van der Waals surface area contributed by atoms with Crippen LogP contribution in [0.25, 0.3) is 0 Å². The van der Waals surface area contributed by atoms with E-state index >= 15 is 0 Å². The zero-order valence-electron chi connectivity index (χ0n) is 9.31.